The van der Waals surface area contributed by atoms with Crippen molar-refractivity contribution in [2.45, 2.75) is 90.1 Å². The molecule has 1 aliphatic heterocycles. The van der Waals surface area contributed by atoms with E-state index in [-0.39, 0.29) is 49.2 Å². The lowest BCUT2D eigenvalue weighted by Crippen LogP contribution is -2.59. The van der Waals surface area contributed by atoms with Crippen LogP contribution >= 0.6 is 0 Å². The lowest BCUT2D eigenvalue weighted by atomic mass is 9.45. The Labute approximate surface area is 253 Å². The summed E-state index contributed by atoms with van der Waals surface area (Å²) in [5.74, 6) is 0.967. The van der Waals surface area contributed by atoms with Gasteiger partial charge in [0.2, 0.25) is 11.8 Å². The Balaban J connectivity index is 1.53. The number of ketones is 1. The normalized spacial score (nSPS) is 29.7. The standard InChI is InChI=1S/C33H46N2O8/c1-18(38)6-5-7-27(39)35(16-20-8-9-21-14-24(20)33(21,2)3)25-15-23(32(41)34-10-11-36)28-22-12-19(17-37)13-26(42-4)30(22)43-31(28)29(25)40/h12-13,15,20-21,24-25,28-29,31,36-37,40H,5-11,14,16-17H2,1-4H3,(H,34,41). The molecule has 43 heavy (non-hydrogen) atoms. The summed E-state index contributed by atoms with van der Waals surface area (Å²) in [6.07, 6.45) is 3.77. The lowest BCUT2D eigenvalue weighted by Gasteiger charge is -2.61. The van der Waals surface area contributed by atoms with Crippen molar-refractivity contribution in [3.05, 3.63) is 34.9 Å². The molecule has 10 nitrogen and oxygen atoms in total. The zero-order chi connectivity index (χ0) is 31.1. The van der Waals surface area contributed by atoms with Crippen molar-refractivity contribution < 1.29 is 39.2 Å². The van der Waals surface area contributed by atoms with E-state index < -0.39 is 30.1 Å². The fourth-order valence-electron chi connectivity index (χ4n) is 8.07. The Morgan fingerprint density at radius 3 is 2.56 bits per heavy atom. The Hall–Kier alpha value is -2.95. The molecule has 1 heterocycles. The van der Waals surface area contributed by atoms with Gasteiger partial charge >= 0.3 is 0 Å². The molecule has 10 heteroatoms. The maximum absolute atomic E-state index is 13.9. The molecule has 1 aromatic carbocycles. The van der Waals surface area contributed by atoms with Crippen LogP contribution in [0.15, 0.2) is 23.8 Å². The minimum Gasteiger partial charge on any atom is -0.493 e. The SMILES string of the molecule is COc1cc(CO)cc2c1OC1C2C(C(=O)NCCO)=CC(N(CC2CCC3CC2C3(C)C)C(=O)CCCC(C)=O)C1O. The molecule has 0 saturated heterocycles. The monoisotopic (exact) mass is 598 g/mol. The summed E-state index contributed by atoms with van der Waals surface area (Å²) >= 11 is 0. The molecule has 4 N–H and O–H groups in total. The van der Waals surface area contributed by atoms with E-state index in [0.29, 0.717) is 59.4 Å². The van der Waals surface area contributed by atoms with E-state index in [2.05, 4.69) is 19.2 Å². The fourth-order valence-corrected chi connectivity index (χ4v) is 8.07. The molecule has 6 rings (SSSR count). The average molecular weight is 599 g/mol. The fraction of sp³-hybridized carbons (Fsp3) is 0.667. The number of methoxy groups -OCH3 is 1. The molecule has 1 aromatic rings. The first-order valence-electron chi connectivity index (χ1n) is 15.6. The van der Waals surface area contributed by atoms with Gasteiger partial charge in [0.15, 0.2) is 11.5 Å². The molecule has 3 fully saturated rings. The van der Waals surface area contributed by atoms with E-state index in [1.165, 1.54) is 14.0 Å². The van der Waals surface area contributed by atoms with Crippen LogP contribution in [0.4, 0.5) is 0 Å². The van der Waals surface area contributed by atoms with E-state index in [4.69, 9.17) is 9.47 Å². The van der Waals surface area contributed by atoms with Crippen LogP contribution in [0.1, 0.15) is 76.3 Å². The lowest BCUT2D eigenvalue weighted by molar-refractivity contribution is -0.146. The molecule has 2 amide bonds. The van der Waals surface area contributed by atoms with Crippen molar-refractivity contribution in [2.75, 3.05) is 26.8 Å². The van der Waals surface area contributed by atoms with E-state index in [9.17, 15) is 29.7 Å². The number of ether oxygens (including phenoxy) is 2. The van der Waals surface area contributed by atoms with Gasteiger partial charge in [0.05, 0.1) is 32.3 Å². The van der Waals surface area contributed by atoms with Crippen molar-refractivity contribution in [3.8, 4) is 11.5 Å². The molecule has 2 bridgehead atoms. The highest BCUT2D eigenvalue weighted by molar-refractivity contribution is 5.96. The van der Waals surface area contributed by atoms with Crippen LogP contribution in [-0.2, 0) is 21.0 Å². The Kier molecular flexibility index (Phi) is 9.20. The number of nitrogens with one attached hydrogen (secondary N) is 1. The number of aliphatic hydroxyl groups excluding tert-OH is 3. The number of hydrogen-bond donors (Lipinski definition) is 4. The van der Waals surface area contributed by atoms with Crippen molar-refractivity contribution in [3.63, 3.8) is 0 Å². The number of nitrogens with zero attached hydrogens (tertiary/aromatic N) is 1. The minimum absolute atomic E-state index is 0.0190. The highest BCUT2D eigenvalue weighted by Gasteiger charge is 2.56. The summed E-state index contributed by atoms with van der Waals surface area (Å²) in [5.41, 5.74) is 1.72. The largest absolute Gasteiger partial charge is 0.493 e. The summed E-state index contributed by atoms with van der Waals surface area (Å²) in [4.78, 5) is 40.9. The quantitative estimate of drug-likeness (QED) is 0.287. The highest BCUT2D eigenvalue weighted by Crippen LogP contribution is 2.61. The van der Waals surface area contributed by atoms with Gasteiger partial charge in [-0.2, -0.15) is 0 Å². The molecule has 5 aliphatic rings. The van der Waals surface area contributed by atoms with Gasteiger partial charge in [-0.1, -0.05) is 13.8 Å². The number of Topliss-reactive ketones (excluding diaryl/α,β-unsaturated/α-hetero) is 1. The average Bonchev–Trinajstić information content (AvgIpc) is 3.38. The van der Waals surface area contributed by atoms with E-state index >= 15 is 0 Å². The van der Waals surface area contributed by atoms with Crippen LogP contribution < -0.4 is 14.8 Å². The van der Waals surface area contributed by atoms with Crippen LogP contribution in [0.3, 0.4) is 0 Å². The van der Waals surface area contributed by atoms with E-state index in [0.717, 1.165) is 19.3 Å². The van der Waals surface area contributed by atoms with Crippen LogP contribution in [0.5, 0.6) is 11.5 Å². The van der Waals surface area contributed by atoms with Crippen LogP contribution in [0.2, 0.25) is 0 Å². The third kappa shape index (κ3) is 5.81. The third-order valence-electron chi connectivity index (χ3n) is 10.5. The first-order valence-corrected chi connectivity index (χ1v) is 15.6. The molecular formula is C33H46N2O8. The smallest absolute Gasteiger partial charge is 0.247 e. The van der Waals surface area contributed by atoms with Gasteiger partial charge in [-0.05, 0) is 79.5 Å². The van der Waals surface area contributed by atoms with Gasteiger partial charge in [0.1, 0.15) is 18.0 Å². The molecule has 0 radical (unpaired) electrons. The van der Waals surface area contributed by atoms with Crippen molar-refractivity contribution in [2.24, 2.45) is 23.2 Å². The number of aliphatic hydroxyl groups is 3. The first kappa shape index (κ1) is 31.5. The number of benzene rings is 1. The molecule has 3 saturated carbocycles. The maximum Gasteiger partial charge on any atom is 0.247 e. The van der Waals surface area contributed by atoms with Gasteiger partial charge in [-0.25, -0.2) is 0 Å². The van der Waals surface area contributed by atoms with Crippen molar-refractivity contribution in [1.82, 2.24) is 10.2 Å². The molecular weight excluding hydrogens is 552 g/mol. The Morgan fingerprint density at radius 1 is 1.16 bits per heavy atom. The van der Waals surface area contributed by atoms with Crippen LogP contribution in [0, 0.1) is 23.2 Å². The number of amides is 2. The summed E-state index contributed by atoms with van der Waals surface area (Å²) < 4.78 is 11.9. The minimum atomic E-state index is -1.16. The molecule has 0 spiro atoms. The summed E-state index contributed by atoms with van der Waals surface area (Å²) in [6.45, 7) is 6.12. The molecule has 0 aromatic heterocycles. The number of carbonyl (C=O) groups excluding carboxylic acids is 3. The zero-order valence-electron chi connectivity index (χ0n) is 25.7. The van der Waals surface area contributed by atoms with Crippen molar-refractivity contribution in [1.29, 1.82) is 0 Å². The van der Waals surface area contributed by atoms with Crippen LogP contribution in [-0.4, -0.2) is 82.9 Å². The van der Waals surface area contributed by atoms with Gasteiger partial charge in [0, 0.05) is 37.1 Å². The topological polar surface area (TPSA) is 146 Å². The first-order chi connectivity index (χ1) is 20.5. The van der Waals surface area contributed by atoms with E-state index in [1.54, 1.807) is 23.1 Å². The number of fused-ring (bicyclic) bond motifs is 5. The Morgan fingerprint density at radius 2 is 1.93 bits per heavy atom. The second-order valence-corrected chi connectivity index (χ2v) is 13.3. The Bertz CT molecular complexity index is 1270. The second-order valence-electron chi connectivity index (χ2n) is 13.3. The summed E-state index contributed by atoms with van der Waals surface area (Å²) in [6, 6.07) is 2.58. The van der Waals surface area contributed by atoms with Gasteiger partial charge in [-0.3, -0.25) is 9.59 Å². The molecule has 236 valence electrons. The van der Waals surface area contributed by atoms with Crippen LogP contribution in [0.25, 0.3) is 0 Å². The summed E-state index contributed by atoms with van der Waals surface area (Å²) in [5, 5.41) is 34.0. The van der Waals surface area contributed by atoms with Crippen molar-refractivity contribution >= 4 is 17.6 Å². The zero-order valence-corrected chi connectivity index (χ0v) is 25.7. The van der Waals surface area contributed by atoms with Gasteiger partial charge in [-0.15, -0.1) is 0 Å². The summed E-state index contributed by atoms with van der Waals surface area (Å²) in [7, 11) is 1.49. The number of hydrogen-bond acceptors (Lipinski definition) is 8. The molecule has 7 atom stereocenters. The van der Waals surface area contributed by atoms with Gasteiger partial charge in [0.25, 0.3) is 0 Å². The van der Waals surface area contributed by atoms with E-state index in [1.807, 2.05) is 0 Å². The second kappa shape index (κ2) is 12.6. The predicted octanol–water partition coefficient (Wildman–Crippen LogP) is 2.47. The predicted molar refractivity (Wildman–Crippen MR) is 158 cm³/mol. The maximum atomic E-state index is 13.9. The number of rotatable bonds is 12. The van der Waals surface area contributed by atoms with Gasteiger partial charge < -0.3 is 39.8 Å². The molecule has 4 aliphatic carbocycles. The highest BCUT2D eigenvalue weighted by atomic mass is 16.5. The third-order valence-corrected chi connectivity index (χ3v) is 10.5. The number of carbonyl (C=O) groups is 3. The molecule has 7 unspecified atom stereocenters.